The number of nitrogens with one attached hydrogen (secondary N) is 1. The van der Waals surface area contributed by atoms with E-state index >= 15 is 0 Å². The Labute approximate surface area is 147 Å². The van der Waals surface area contributed by atoms with Gasteiger partial charge in [0.25, 0.3) is 0 Å². The first-order chi connectivity index (χ1) is 12.1. The maximum atomic E-state index is 12.9. The molecule has 5 nitrogen and oxygen atoms in total. The summed E-state index contributed by atoms with van der Waals surface area (Å²) < 4.78 is 0. The van der Waals surface area contributed by atoms with Crippen molar-refractivity contribution in [3.05, 3.63) is 59.4 Å². The van der Waals surface area contributed by atoms with Crippen LogP contribution >= 0.6 is 0 Å². The lowest BCUT2D eigenvalue weighted by atomic mass is 9.95. The summed E-state index contributed by atoms with van der Waals surface area (Å²) in [4.78, 5) is 31.6. The molecule has 2 aromatic rings. The average molecular weight is 335 g/mol. The molecule has 1 aromatic heterocycles. The number of anilines is 1. The van der Waals surface area contributed by atoms with Crippen molar-refractivity contribution in [2.24, 2.45) is 0 Å². The van der Waals surface area contributed by atoms with Gasteiger partial charge in [0.15, 0.2) is 0 Å². The van der Waals surface area contributed by atoms with Gasteiger partial charge in [-0.1, -0.05) is 23.8 Å². The Morgan fingerprint density at radius 3 is 3.00 bits per heavy atom. The van der Waals surface area contributed by atoms with Crippen LogP contribution < -0.4 is 5.32 Å². The van der Waals surface area contributed by atoms with Gasteiger partial charge in [0.2, 0.25) is 11.8 Å². The van der Waals surface area contributed by atoms with Crippen molar-refractivity contribution in [3.8, 4) is 0 Å². The van der Waals surface area contributed by atoms with Crippen LogP contribution in [0.5, 0.6) is 0 Å². The minimum absolute atomic E-state index is 0.0233. The van der Waals surface area contributed by atoms with Crippen LogP contribution in [0.4, 0.5) is 5.69 Å². The lowest BCUT2D eigenvalue weighted by Crippen LogP contribution is -2.33. The number of amides is 2. The summed E-state index contributed by atoms with van der Waals surface area (Å²) in [5, 5.41) is 2.89. The molecule has 2 aliphatic heterocycles. The van der Waals surface area contributed by atoms with E-state index in [0.717, 1.165) is 41.9 Å². The molecule has 1 N–H and O–H groups in total. The second-order valence-corrected chi connectivity index (χ2v) is 6.84. The summed E-state index contributed by atoms with van der Waals surface area (Å²) in [6.07, 6.45) is 3.88. The van der Waals surface area contributed by atoms with Crippen molar-refractivity contribution in [3.63, 3.8) is 0 Å². The molecule has 4 rings (SSSR count). The molecule has 2 aliphatic rings. The molecule has 1 saturated heterocycles. The maximum absolute atomic E-state index is 12.9. The number of aromatic nitrogens is 1. The van der Waals surface area contributed by atoms with E-state index in [1.54, 1.807) is 6.20 Å². The fourth-order valence-electron chi connectivity index (χ4n) is 3.89. The first-order valence-corrected chi connectivity index (χ1v) is 8.75. The molecular formula is C20H21N3O2. The number of nitrogens with zero attached hydrogens (tertiary/aromatic N) is 2. The third-order valence-electron chi connectivity index (χ3n) is 5.14. The largest absolute Gasteiger partial charge is 0.334 e. The fraction of sp³-hybridized carbons (Fsp3) is 0.350. The van der Waals surface area contributed by atoms with E-state index in [0.29, 0.717) is 0 Å². The molecule has 0 saturated carbocycles. The highest BCUT2D eigenvalue weighted by molar-refractivity contribution is 6.05. The SMILES string of the molecule is Cc1ccc2c(c1)[C@@H](CC(=O)N1CCC[C@@H]1c1ccccn1)C(=O)N2. The molecule has 1 aromatic carbocycles. The Bertz CT molecular complexity index is 819. The van der Waals surface area contributed by atoms with E-state index in [1.165, 1.54) is 0 Å². The van der Waals surface area contributed by atoms with Crippen molar-refractivity contribution in [2.75, 3.05) is 11.9 Å². The van der Waals surface area contributed by atoms with E-state index in [4.69, 9.17) is 0 Å². The second kappa shape index (κ2) is 6.31. The van der Waals surface area contributed by atoms with Gasteiger partial charge in [0.1, 0.15) is 0 Å². The Morgan fingerprint density at radius 2 is 2.20 bits per heavy atom. The van der Waals surface area contributed by atoms with Gasteiger partial charge in [0.05, 0.1) is 17.7 Å². The third-order valence-corrected chi connectivity index (χ3v) is 5.14. The minimum Gasteiger partial charge on any atom is -0.334 e. The summed E-state index contributed by atoms with van der Waals surface area (Å²) in [6.45, 7) is 2.73. The van der Waals surface area contributed by atoms with Gasteiger partial charge >= 0.3 is 0 Å². The number of hydrogen-bond donors (Lipinski definition) is 1. The molecule has 0 aliphatic carbocycles. The number of rotatable bonds is 3. The minimum atomic E-state index is -0.396. The van der Waals surface area contributed by atoms with Crippen LogP contribution in [0.3, 0.4) is 0 Å². The number of aryl methyl sites for hydroxylation is 1. The molecular weight excluding hydrogens is 314 g/mol. The predicted molar refractivity (Wildman–Crippen MR) is 95.1 cm³/mol. The van der Waals surface area contributed by atoms with Crippen LogP contribution in [0.25, 0.3) is 0 Å². The normalized spacial score (nSPS) is 22.0. The molecule has 5 heteroatoms. The van der Waals surface area contributed by atoms with Crippen molar-refractivity contribution < 1.29 is 9.59 Å². The molecule has 2 atom stereocenters. The molecule has 25 heavy (non-hydrogen) atoms. The van der Waals surface area contributed by atoms with E-state index in [9.17, 15) is 9.59 Å². The molecule has 0 bridgehead atoms. The Hall–Kier alpha value is -2.69. The molecule has 0 unspecified atom stereocenters. The fourth-order valence-corrected chi connectivity index (χ4v) is 3.89. The van der Waals surface area contributed by atoms with Crippen molar-refractivity contribution in [1.29, 1.82) is 0 Å². The van der Waals surface area contributed by atoms with Gasteiger partial charge in [0, 0.05) is 24.8 Å². The molecule has 3 heterocycles. The molecule has 0 radical (unpaired) electrons. The third kappa shape index (κ3) is 2.90. The summed E-state index contributed by atoms with van der Waals surface area (Å²) >= 11 is 0. The highest BCUT2D eigenvalue weighted by Gasteiger charge is 2.37. The lowest BCUT2D eigenvalue weighted by Gasteiger charge is -2.25. The average Bonchev–Trinajstić information content (AvgIpc) is 3.21. The number of hydrogen-bond acceptors (Lipinski definition) is 3. The van der Waals surface area contributed by atoms with Gasteiger partial charge in [-0.15, -0.1) is 0 Å². The van der Waals surface area contributed by atoms with Gasteiger partial charge in [-0.05, 0) is 43.5 Å². The molecule has 2 amide bonds. The van der Waals surface area contributed by atoms with Gasteiger partial charge in [-0.2, -0.15) is 0 Å². The first-order valence-electron chi connectivity index (χ1n) is 8.75. The smallest absolute Gasteiger partial charge is 0.232 e. The summed E-state index contributed by atoms with van der Waals surface area (Å²) in [7, 11) is 0. The van der Waals surface area contributed by atoms with E-state index in [2.05, 4.69) is 10.3 Å². The number of carbonyl (C=O) groups excluding carboxylic acids is 2. The monoisotopic (exact) mass is 335 g/mol. The van der Waals surface area contributed by atoms with Crippen LogP contribution in [0.15, 0.2) is 42.6 Å². The van der Waals surface area contributed by atoms with Crippen molar-refractivity contribution >= 4 is 17.5 Å². The quantitative estimate of drug-likeness (QED) is 0.937. The zero-order valence-electron chi connectivity index (χ0n) is 14.2. The predicted octanol–water partition coefficient (Wildman–Crippen LogP) is 3.18. The molecule has 128 valence electrons. The summed E-state index contributed by atoms with van der Waals surface area (Å²) in [5.74, 6) is -0.447. The standard InChI is InChI=1S/C20H21N3O2/c1-13-7-8-16-14(11-13)15(20(25)22-16)12-19(24)23-10-4-6-18(23)17-5-2-3-9-21-17/h2-3,5,7-9,11,15,18H,4,6,10,12H2,1H3,(H,22,25)/t15-,18-/m1/s1. The number of pyridine rings is 1. The zero-order valence-corrected chi connectivity index (χ0v) is 14.2. The maximum Gasteiger partial charge on any atom is 0.232 e. The highest BCUT2D eigenvalue weighted by atomic mass is 16.2. The van der Waals surface area contributed by atoms with Crippen LogP contribution in [0, 0.1) is 6.92 Å². The van der Waals surface area contributed by atoms with Gasteiger partial charge in [-0.3, -0.25) is 14.6 Å². The number of fused-ring (bicyclic) bond motifs is 1. The van der Waals surface area contributed by atoms with E-state index < -0.39 is 5.92 Å². The Kier molecular flexibility index (Phi) is 3.99. The first kappa shape index (κ1) is 15.8. The van der Waals surface area contributed by atoms with E-state index in [1.807, 2.05) is 48.2 Å². The topological polar surface area (TPSA) is 62.3 Å². The summed E-state index contributed by atoms with van der Waals surface area (Å²) in [5.41, 5.74) is 3.80. The Balaban J connectivity index is 1.54. The van der Waals surface area contributed by atoms with Crippen LogP contribution in [-0.4, -0.2) is 28.2 Å². The molecule has 1 fully saturated rings. The molecule has 0 spiro atoms. The highest BCUT2D eigenvalue weighted by Crippen LogP contribution is 2.38. The number of likely N-dealkylation sites (tertiary alicyclic amines) is 1. The number of carbonyl (C=O) groups is 2. The van der Waals surface area contributed by atoms with Crippen molar-refractivity contribution in [2.45, 2.75) is 38.1 Å². The van der Waals surface area contributed by atoms with Gasteiger partial charge < -0.3 is 10.2 Å². The Morgan fingerprint density at radius 1 is 1.32 bits per heavy atom. The van der Waals surface area contributed by atoms with E-state index in [-0.39, 0.29) is 24.3 Å². The number of benzene rings is 1. The van der Waals surface area contributed by atoms with Crippen LogP contribution in [0.2, 0.25) is 0 Å². The van der Waals surface area contributed by atoms with Gasteiger partial charge in [-0.25, -0.2) is 0 Å². The lowest BCUT2D eigenvalue weighted by molar-refractivity contribution is -0.134. The van der Waals surface area contributed by atoms with Crippen LogP contribution in [0.1, 0.15) is 48.0 Å². The second-order valence-electron chi connectivity index (χ2n) is 6.84. The summed E-state index contributed by atoms with van der Waals surface area (Å²) in [6, 6.07) is 11.7. The van der Waals surface area contributed by atoms with Crippen molar-refractivity contribution in [1.82, 2.24) is 9.88 Å². The zero-order chi connectivity index (χ0) is 17.4. The van der Waals surface area contributed by atoms with Crippen LogP contribution in [-0.2, 0) is 9.59 Å².